The second-order valence-corrected chi connectivity index (χ2v) is 5.72. The normalized spacial score (nSPS) is 10.9. The van der Waals surface area contributed by atoms with E-state index in [4.69, 9.17) is 5.11 Å². The number of amides is 1. The summed E-state index contributed by atoms with van der Waals surface area (Å²) in [6.07, 6.45) is 2.43. The second-order valence-electron chi connectivity index (χ2n) is 5.72. The Morgan fingerprint density at radius 1 is 1.28 bits per heavy atom. The Balaban J connectivity index is 1.75. The van der Waals surface area contributed by atoms with Crippen molar-refractivity contribution in [3.8, 4) is 0 Å². The molecule has 2 heterocycles. The van der Waals surface area contributed by atoms with Gasteiger partial charge in [-0.05, 0) is 18.6 Å². The molecule has 2 aromatic heterocycles. The Hall–Kier alpha value is -3.16. The molecule has 2 N–H and O–H groups in total. The van der Waals surface area contributed by atoms with E-state index < -0.39 is 5.97 Å². The molecule has 3 rings (SSSR count). The van der Waals surface area contributed by atoms with Gasteiger partial charge in [0.25, 0.3) is 5.91 Å². The van der Waals surface area contributed by atoms with E-state index in [1.807, 2.05) is 34.9 Å². The minimum atomic E-state index is -0.996. The highest BCUT2D eigenvalue weighted by Gasteiger charge is 2.15. The number of aromatic nitrogens is 4. The maximum absolute atomic E-state index is 12.6. The van der Waals surface area contributed by atoms with E-state index in [1.165, 1.54) is 10.9 Å². The molecule has 0 saturated heterocycles. The van der Waals surface area contributed by atoms with Crippen LogP contribution in [-0.2, 0) is 24.4 Å². The van der Waals surface area contributed by atoms with Crippen LogP contribution in [0.25, 0.3) is 10.9 Å². The summed E-state index contributed by atoms with van der Waals surface area (Å²) in [6, 6.07) is 9.76. The van der Waals surface area contributed by atoms with Crippen LogP contribution in [-0.4, -0.2) is 36.5 Å². The summed E-state index contributed by atoms with van der Waals surface area (Å²) >= 11 is 0. The molecule has 8 heteroatoms. The molecule has 0 radical (unpaired) electrons. The maximum atomic E-state index is 12.6. The number of nitrogens with one attached hydrogen (secondary N) is 1. The lowest BCUT2D eigenvalue weighted by molar-refractivity contribution is -0.137. The van der Waals surface area contributed by atoms with Gasteiger partial charge in [0.15, 0.2) is 0 Å². The summed E-state index contributed by atoms with van der Waals surface area (Å²) in [5.74, 6) is -1.19. The summed E-state index contributed by atoms with van der Waals surface area (Å²) in [6.45, 7) is 2.75. The van der Waals surface area contributed by atoms with Gasteiger partial charge in [-0.15, -0.1) is 5.10 Å². The summed E-state index contributed by atoms with van der Waals surface area (Å²) in [4.78, 5) is 23.2. The smallest absolute Gasteiger partial charge is 0.325 e. The number of nitrogens with zero attached hydrogens (tertiary/aromatic N) is 4. The average molecular weight is 341 g/mol. The second kappa shape index (κ2) is 7.16. The van der Waals surface area contributed by atoms with Crippen LogP contribution in [0.2, 0.25) is 0 Å². The van der Waals surface area contributed by atoms with Gasteiger partial charge in [0, 0.05) is 17.4 Å². The van der Waals surface area contributed by atoms with E-state index in [1.54, 1.807) is 0 Å². The number of carboxylic acid groups (broad SMARTS) is 1. The summed E-state index contributed by atoms with van der Waals surface area (Å²) in [5.41, 5.74) is 2.13. The van der Waals surface area contributed by atoms with Gasteiger partial charge in [0.2, 0.25) is 0 Å². The molecule has 0 fully saturated rings. The molecule has 8 nitrogen and oxygen atoms in total. The number of carbonyl (C=O) groups is 2. The fraction of sp³-hybridized carbons (Fsp3) is 0.294. The number of fused-ring (bicyclic) bond motifs is 1. The molecule has 3 aromatic rings. The third-order valence-corrected chi connectivity index (χ3v) is 3.80. The van der Waals surface area contributed by atoms with Crippen molar-refractivity contribution in [2.45, 2.75) is 33.0 Å². The highest BCUT2D eigenvalue weighted by molar-refractivity contribution is 5.98. The SMILES string of the molecule is CCCn1c(C(=O)NCc2cn(CC(=O)O)nn2)cc2ccccc21. The number of hydrogen-bond donors (Lipinski definition) is 2. The minimum Gasteiger partial charge on any atom is -0.480 e. The first-order valence-corrected chi connectivity index (χ1v) is 8.05. The quantitative estimate of drug-likeness (QED) is 0.680. The molecule has 25 heavy (non-hydrogen) atoms. The molecule has 130 valence electrons. The topological polar surface area (TPSA) is 102 Å². The van der Waals surface area contributed by atoms with Crippen molar-refractivity contribution in [3.05, 3.63) is 47.9 Å². The van der Waals surface area contributed by atoms with Crippen molar-refractivity contribution in [1.29, 1.82) is 0 Å². The Labute approximate surface area is 144 Å². The van der Waals surface area contributed by atoms with Gasteiger partial charge < -0.3 is 15.0 Å². The van der Waals surface area contributed by atoms with Crippen molar-refractivity contribution >= 4 is 22.8 Å². The van der Waals surface area contributed by atoms with Crippen LogP contribution in [0, 0.1) is 0 Å². The number of rotatable bonds is 7. The molecule has 0 atom stereocenters. The van der Waals surface area contributed by atoms with Crippen molar-refractivity contribution in [1.82, 2.24) is 24.9 Å². The number of carbonyl (C=O) groups excluding carboxylic acids is 1. The van der Waals surface area contributed by atoms with E-state index in [0.29, 0.717) is 11.4 Å². The summed E-state index contributed by atoms with van der Waals surface area (Å²) in [7, 11) is 0. The van der Waals surface area contributed by atoms with Crippen molar-refractivity contribution in [2.75, 3.05) is 0 Å². The van der Waals surface area contributed by atoms with Crippen LogP contribution < -0.4 is 5.32 Å². The molecule has 0 unspecified atom stereocenters. The fourth-order valence-electron chi connectivity index (χ4n) is 2.76. The monoisotopic (exact) mass is 341 g/mol. The van der Waals surface area contributed by atoms with Gasteiger partial charge in [-0.2, -0.15) is 0 Å². The van der Waals surface area contributed by atoms with Crippen LogP contribution in [0.4, 0.5) is 0 Å². The first-order valence-electron chi connectivity index (χ1n) is 8.05. The molecule has 1 aromatic carbocycles. The lowest BCUT2D eigenvalue weighted by Gasteiger charge is -2.09. The Kier molecular flexibility index (Phi) is 4.78. The first kappa shape index (κ1) is 16.7. The Bertz CT molecular complexity index is 912. The third-order valence-electron chi connectivity index (χ3n) is 3.80. The standard InChI is InChI=1S/C17H19N5O3/c1-2-7-22-14-6-4-3-5-12(14)8-15(22)17(25)18-9-13-10-21(20-19-13)11-16(23)24/h3-6,8,10H,2,7,9,11H2,1H3,(H,18,25)(H,23,24). The Morgan fingerprint density at radius 2 is 2.08 bits per heavy atom. The zero-order valence-corrected chi connectivity index (χ0v) is 13.8. The van der Waals surface area contributed by atoms with Crippen LogP contribution in [0.3, 0.4) is 0 Å². The van der Waals surface area contributed by atoms with Gasteiger partial charge >= 0.3 is 5.97 Å². The number of aryl methyl sites for hydroxylation is 1. The van der Waals surface area contributed by atoms with E-state index in [0.717, 1.165) is 23.9 Å². The van der Waals surface area contributed by atoms with Gasteiger partial charge in [0.1, 0.15) is 17.9 Å². The molecule has 0 bridgehead atoms. The molecule has 1 amide bonds. The zero-order valence-electron chi connectivity index (χ0n) is 13.8. The highest BCUT2D eigenvalue weighted by atomic mass is 16.4. The molecule has 0 spiro atoms. The number of para-hydroxylation sites is 1. The van der Waals surface area contributed by atoms with Crippen molar-refractivity contribution < 1.29 is 14.7 Å². The predicted molar refractivity (Wildman–Crippen MR) is 91.1 cm³/mol. The largest absolute Gasteiger partial charge is 0.480 e. The molecular weight excluding hydrogens is 322 g/mol. The van der Waals surface area contributed by atoms with E-state index in [2.05, 4.69) is 22.6 Å². The van der Waals surface area contributed by atoms with Gasteiger partial charge in [-0.3, -0.25) is 9.59 Å². The molecular formula is C17H19N5O3. The minimum absolute atomic E-state index is 0.187. The van der Waals surface area contributed by atoms with Crippen molar-refractivity contribution in [3.63, 3.8) is 0 Å². The maximum Gasteiger partial charge on any atom is 0.325 e. The number of carboxylic acids is 1. The zero-order chi connectivity index (χ0) is 17.8. The lowest BCUT2D eigenvalue weighted by atomic mass is 10.2. The van der Waals surface area contributed by atoms with Gasteiger partial charge in [-0.25, -0.2) is 4.68 Å². The average Bonchev–Trinajstić information content (AvgIpc) is 3.17. The number of aliphatic carboxylic acids is 1. The predicted octanol–water partition coefficient (Wildman–Crippen LogP) is 1.66. The highest BCUT2D eigenvalue weighted by Crippen LogP contribution is 2.20. The summed E-state index contributed by atoms with van der Waals surface area (Å²) < 4.78 is 3.23. The molecule has 0 aliphatic heterocycles. The molecule has 0 saturated carbocycles. The van der Waals surface area contributed by atoms with E-state index in [-0.39, 0.29) is 19.0 Å². The van der Waals surface area contributed by atoms with Crippen LogP contribution in [0.5, 0.6) is 0 Å². The lowest BCUT2D eigenvalue weighted by Crippen LogP contribution is -2.25. The van der Waals surface area contributed by atoms with Gasteiger partial charge in [0.05, 0.1) is 12.7 Å². The Morgan fingerprint density at radius 3 is 2.84 bits per heavy atom. The molecule has 0 aliphatic carbocycles. The number of hydrogen-bond acceptors (Lipinski definition) is 4. The molecule has 0 aliphatic rings. The van der Waals surface area contributed by atoms with E-state index >= 15 is 0 Å². The summed E-state index contributed by atoms with van der Waals surface area (Å²) in [5, 5.41) is 20.2. The first-order chi connectivity index (χ1) is 12.1. The fourth-order valence-corrected chi connectivity index (χ4v) is 2.76. The van der Waals surface area contributed by atoms with Crippen LogP contribution in [0.1, 0.15) is 29.5 Å². The van der Waals surface area contributed by atoms with E-state index in [9.17, 15) is 9.59 Å². The third kappa shape index (κ3) is 3.68. The number of benzene rings is 1. The van der Waals surface area contributed by atoms with Crippen LogP contribution in [0.15, 0.2) is 36.5 Å². The van der Waals surface area contributed by atoms with Crippen molar-refractivity contribution in [2.24, 2.45) is 0 Å². The van der Waals surface area contributed by atoms with Crippen LogP contribution >= 0.6 is 0 Å². The van der Waals surface area contributed by atoms with Gasteiger partial charge in [-0.1, -0.05) is 30.3 Å².